The highest BCUT2D eigenvalue weighted by Gasteiger charge is 2.08. The molecule has 7 nitrogen and oxygen atoms in total. The Hall–Kier alpha value is -3.35. The van der Waals surface area contributed by atoms with Crippen LogP contribution in [0.25, 0.3) is 22.1 Å². The van der Waals surface area contributed by atoms with Gasteiger partial charge in [-0.2, -0.15) is 0 Å². The summed E-state index contributed by atoms with van der Waals surface area (Å²) in [4.78, 5) is 26.8. The molecule has 0 radical (unpaired) electrons. The molecule has 23 heavy (non-hydrogen) atoms. The lowest BCUT2D eigenvalue weighted by molar-refractivity contribution is -0.114. The fourth-order valence-electron chi connectivity index (χ4n) is 2.39. The van der Waals surface area contributed by atoms with E-state index in [4.69, 9.17) is 0 Å². The van der Waals surface area contributed by atoms with Crippen LogP contribution in [0.2, 0.25) is 0 Å². The molecule has 0 spiro atoms. The number of aromatic amines is 2. The number of anilines is 2. The van der Waals surface area contributed by atoms with Crippen LogP contribution < -0.4 is 10.6 Å². The number of carbonyl (C=O) groups excluding carboxylic acids is 1. The van der Waals surface area contributed by atoms with E-state index in [1.54, 1.807) is 0 Å². The van der Waals surface area contributed by atoms with Gasteiger partial charge < -0.3 is 15.3 Å². The Bertz CT molecular complexity index is 920. The molecule has 2 aromatic heterocycles. The second-order valence-electron chi connectivity index (χ2n) is 5.11. The molecule has 0 saturated heterocycles. The molecule has 7 heteroatoms. The van der Waals surface area contributed by atoms with E-state index in [1.165, 1.54) is 0 Å². The number of nitrogens with zero attached hydrogens (tertiary/aromatic N) is 2. The van der Waals surface area contributed by atoms with Gasteiger partial charge >= 0.3 is 0 Å². The standard InChI is InChI=1S/C16H14N6O/c23-14(22-16-20-12-7-3-4-8-13(12)21-16)9-17-15-18-10-5-1-2-6-11(10)19-15/h1-8H,9H2,(H2,17,18,19)(H2,20,21,22,23). The third-order valence-corrected chi connectivity index (χ3v) is 3.45. The molecule has 2 aromatic carbocycles. The lowest BCUT2D eigenvalue weighted by Crippen LogP contribution is -2.22. The Morgan fingerprint density at radius 3 is 2.09 bits per heavy atom. The van der Waals surface area contributed by atoms with Crippen molar-refractivity contribution in [3.05, 3.63) is 48.5 Å². The summed E-state index contributed by atoms with van der Waals surface area (Å²) in [6.07, 6.45) is 0. The molecule has 0 bridgehead atoms. The van der Waals surface area contributed by atoms with Crippen LogP contribution in [0.4, 0.5) is 11.9 Å². The molecule has 0 aliphatic heterocycles. The number of amides is 1. The van der Waals surface area contributed by atoms with Crippen LogP contribution in [0, 0.1) is 0 Å². The topological polar surface area (TPSA) is 98.5 Å². The average molecular weight is 306 g/mol. The van der Waals surface area contributed by atoms with Crippen LogP contribution in [0.3, 0.4) is 0 Å². The monoisotopic (exact) mass is 306 g/mol. The van der Waals surface area contributed by atoms with E-state index in [9.17, 15) is 4.79 Å². The van der Waals surface area contributed by atoms with Gasteiger partial charge in [-0.15, -0.1) is 0 Å². The predicted molar refractivity (Wildman–Crippen MR) is 89.3 cm³/mol. The van der Waals surface area contributed by atoms with Crippen molar-refractivity contribution in [2.45, 2.75) is 0 Å². The van der Waals surface area contributed by atoms with Crippen molar-refractivity contribution in [3.8, 4) is 0 Å². The van der Waals surface area contributed by atoms with E-state index < -0.39 is 0 Å². The fraction of sp³-hybridized carbons (Fsp3) is 0.0625. The first-order valence-corrected chi connectivity index (χ1v) is 7.21. The summed E-state index contributed by atoms with van der Waals surface area (Å²) in [7, 11) is 0. The molecule has 114 valence electrons. The summed E-state index contributed by atoms with van der Waals surface area (Å²) >= 11 is 0. The van der Waals surface area contributed by atoms with Crippen LogP contribution in [0.1, 0.15) is 0 Å². The van der Waals surface area contributed by atoms with Crippen molar-refractivity contribution in [3.63, 3.8) is 0 Å². The zero-order valence-electron chi connectivity index (χ0n) is 12.1. The summed E-state index contributed by atoms with van der Waals surface area (Å²) in [5.41, 5.74) is 3.47. The van der Waals surface area contributed by atoms with Gasteiger partial charge in [-0.3, -0.25) is 10.1 Å². The molecule has 4 aromatic rings. The molecule has 0 aliphatic rings. The predicted octanol–water partition coefficient (Wildman–Crippen LogP) is 2.49. The average Bonchev–Trinajstić information content (AvgIpc) is 3.15. The van der Waals surface area contributed by atoms with E-state index in [0.717, 1.165) is 22.1 Å². The van der Waals surface area contributed by atoms with Crippen LogP contribution in [-0.2, 0) is 4.79 Å². The van der Waals surface area contributed by atoms with E-state index in [0.29, 0.717) is 11.9 Å². The third kappa shape index (κ3) is 2.71. The van der Waals surface area contributed by atoms with E-state index in [-0.39, 0.29) is 12.5 Å². The van der Waals surface area contributed by atoms with Crippen molar-refractivity contribution < 1.29 is 4.79 Å². The van der Waals surface area contributed by atoms with Gasteiger partial charge in [0.2, 0.25) is 17.8 Å². The van der Waals surface area contributed by atoms with Gasteiger partial charge in [0, 0.05) is 0 Å². The number of hydrogen-bond donors (Lipinski definition) is 4. The summed E-state index contributed by atoms with van der Waals surface area (Å²) in [6, 6.07) is 15.3. The number of aromatic nitrogens is 4. The third-order valence-electron chi connectivity index (χ3n) is 3.45. The highest BCUT2D eigenvalue weighted by Crippen LogP contribution is 2.14. The smallest absolute Gasteiger partial charge is 0.246 e. The van der Waals surface area contributed by atoms with Gasteiger partial charge in [-0.1, -0.05) is 24.3 Å². The maximum atomic E-state index is 12.0. The van der Waals surface area contributed by atoms with Crippen LogP contribution >= 0.6 is 0 Å². The molecule has 2 heterocycles. The highest BCUT2D eigenvalue weighted by atomic mass is 16.2. The normalized spacial score (nSPS) is 11.0. The second kappa shape index (κ2) is 5.45. The van der Waals surface area contributed by atoms with E-state index in [1.807, 2.05) is 48.5 Å². The summed E-state index contributed by atoms with van der Waals surface area (Å²) in [6.45, 7) is 0.0941. The fourth-order valence-corrected chi connectivity index (χ4v) is 2.39. The number of imidazole rings is 2. The minimum Gasteiger partial charge on any atom is -0.347 e. The van der Waals surface area contributed by atoms with Crippen molar-refractivity contribution in [2.75, 3.05) is 17.2 Å². The number of para-hydroxylation sites is 4. The quantitative estimate of drug-likeness (QED) is 0.465. The number of nitrogens with one attached hydrogen (secondary N) is 4. The molecule has 0 aliphatic carbocycles. The Labute approximate surface area is 131 Å². The van der Waals surface area contributed by atoms with E-state index in [2.05, 4.69) is 30.6 Å². The second-order valence-corrected chi connectivity index (χ2v) is 5.11. The SMILES string of the molecule is O=C(CNc1nc2ccccc2[nH]1)Nc1nc2ccccc2[nH]1. The minimum absolute atomic E-state index is 0.0941. The van der Waals surface area contributed by atoms with Crippen molar-refractivity contribution >= 4 is 39.9 Å². The number of fused-ring (bicyclic) bond motifs is 2. The summed E-state index contributed by atoms with van der Waals surface area (Å²) in [5, 5.41) is 5.69. The number of rotatable bonds is 4. The van der Waals surface area contributed by atoms with Crippen LogP contribution in [-0.4, -0.2) is 32.4 Å². The lowest BCUT2D eigenvalue weighted by Gasteiger charge is -2.02. The molecular weight excluding hydrogens is 292 g/mol. The van der Waals surface area contributed by atoms with Gasteiger partial charge in [0.1, 0.15) is 0 Å². The first-order valence-electron chi connectivity index (χ1n) is 7.21. The molecule has 1 amide bonds. The zero-order valence-corrected chi connectivity index (χ0v) is 12.1. The van der Waals surface area contributed by atoms with Gasteiger partial charge in [0.05, 0.1) is 28.6 Å². The number of hydrogen-bond acceptors (Lipinski definition) is 4. The minimum atomic E-state index is -0.204. The van der Waals surface area contributed by atoms with Crippen LogP contribution in [0.15, 0.2) is 48.5 Å². The molecule has 4 N–H and O–H groups in total. The molecule has 0 fully saturated rings. The number of benzene rings is 2. The molecule has 4 rings (SSSR count). The van der Waals surface area contributed by atoms with Gasteiger partial charge in [0.25, 0.3) is 0 Å². The van der Waals surface area contributed by atoms with Gasteiger partial charge in [-0.05, 0) is 24.3 Å². The summed E-state index contributed by atoms with van der Waals surface area (Å²) in [5.74, 6) is 0.790. The molecule has 0 unspecified atom stereocenters. The van der Waals surface area contributed by atoms with Gasteiger partial charge in [-0.25, -0.2) is 9.97 Å². The number of H-pyrrole nitrogens is 2. The molecular formula is C16H14N6O. The Kier molecular flexibility index (Phi) is 3.16. The molecule has 0 saturated carbocycles. The van der Waals surface area contributed by atoms with Crippen molar-refractivity contribution in [2.24, 2.45) is 0 Å². The maximum absolute atomic E-state index is 12.0. The van der Waals surface area contributed by atoms with Crippen molar-refractivity contribution in [1.29, 1.82) is 0 Å². The molecule has 0 atom stereocenters. The first kappa shape index (κ1) is 13.3. The largest absolute Gasteiger partial charge is 0.347 e. The Morgan fingerprint density at radius 1 is 0.870 bits per heavy atom. The van der Waals surface area contributed by atoms with E-state index >= 15 is 0 Å². The Morgan fingerprint density at radius 2 is 1.43 bits per heavy atom. The summed E-state index contributed by atoms with van der Waals surface area (Å²) < 4.78 is 0. The van der Waals surface area contributed by atoms with Gasteiger partial charge in [0.15, 0.2) is 0 Å². The van der Waals surface area contributed by atoms with Crippen LogP contribution in [0.5, 0.6) is 0 Å². The number of carbonyl (C=O) groups is 1. The Balaban J connectivity index is 1.41. The highest BCUT2D eigenvalue weighted by molar-refractivity contribution is 5.93. The zero-order chi connectivity index (χ0) is 15.6. The maximum Gasteiger partial charge on any atom is 0.246 e. The first-order chi connectivity index (χ1) is 11.3. The van der Waals surface area contributed by atoms with Crippen molar-refractivity contribution in [1.82, 2.24) is 19.9 Å². The lowest BCUT2D eigenvalue weighted by atomic mass is 10.3.